The molecule has 0 unspecified atom stereocenters. The van der Waals surface area contributed by atoms with E-state index in [0.29, 0.717) is 19.0 Å². The number of hydrogen-bond acceptors (Lipinski definition) is 5. The summed E-state index contributed by atoms with van der Waals surface area (Å²) in [5.41, 5.74) is -0.225. The van der Waals surface area contributed by atoms with Gasteiger partial charge in [-0.3, -0.25) is 10.1 Å². The van der Waals surface area contributed by atoms with Gasteiger partial charge in [-0.05, 0) is 38.4 Å². The van der Waals surface area contributed by atoms with E-state index >= 15 is 0 Å². The number of nitro benzene ring substituents is 1. The van der Waals surface area contributed by atoms with Gasteiger partial charge in [0.25, 0.3) is 5.69 Å². The highest BCUT2D eigenvalue weighted by molar-refractivity contribution is 7.89. The van der Waals surface area contributed by atoms with Crippen molar-refractivity contribution in [1.82, 2.24) is 9.62 Å². The molecule has 0 spiro atoms. The van der Waals surface area contributed by atoms with E-state index < -0.39 is 14.9 Å². The zero-order chi connectivity index (χ0) is 16.3. The molecule has 2 rings (SSSR count). The maximum Gasteiger partial charge on any atom is 0.271 e. The molecule has 0 atom stereocenters. The van der Waals surface area contributed by atoms with Crippen molar-refractivity contribution in [3.8, 4) is 0 Å². The quantitative estimate of drug-likeness (QED) is 0.621. The predicted molar refractivity (Wildman–Crippen MR) is 90.8 cm³/mol. The lowest BCUT2D eigenvalue weighted by Crippen LogP contribution is -2.40. The molecular formula is C13H19Cl2N3O4S. The number of rotatable bonds is 5. The van der Waals surface area contributed by atoms with E-state index in [4.69, 9.17) is 11.6 Å². The Bertz CT molecular complexity index is 661. The summed E-state index contributed by atoms with van der Waals surface area (Å²) in [5, 5.41) is 13.7. The van der Waals surface area contributed by atoms with Gasteiger partial charge in [-0.1, -0.05) is 11.6 Å². The molecule has 1 heterocycles. The number of benzene rings is 1. The molecule has 130 valence electrons. The number of non-ortho nitro benzene ring substituents is 1. The fourth-order valence-electron chi connectivity index (χ4n) is 2.59. The van der Waals surface area contributed by atoms with Crippen LogP contribution in [0.25, 0.3) is 0 Å². The maximum absolute atomic E-state index is 12.6. The van der Waals surface area contributed by atoms with Crippen LogP contribution < -0.4 is 5.32 Å². The number of nitrogens with zero attached hydrogens (tertiary/aromatic N) is 2. The Morgan fingerprint density at radius 1 is 1.39 bits per heavy atom. The maximum atomic E-state index is 12.6. The minimum Gasteiger partial charge on any atom is -0.319 e. The topological polar surface area (TPSA) is 92.6 Å². The fraction of sp³-hybridized carbons (Fsp3) is 0.538. The van der Waals surface area contributed by atoms with Gasteiger partial charge >= 0.3 is 0 Å². The third-order valence-electron chi connectivity index (χ3n) is 3.81. The molecule has 0 aromatic heterocycles. The van der Waals surface area contributed by atoms with Gasteiger partial charge in [-0.15, -0.1) is 12.4 Å². The third-order valence-corrected chi connectivity index (χ3v) is 6.19. The first kappa shape index (κ1) is 20.1. The van der Waals surface area contributed by atoms with Crippen LogP contribution in [0.1, 0.15) is 12.8 Å². The molecule has 0 amide bonds. The van der Waals surface area contributed by atoms with Gasteiger partial charge in [0.2, 0.25) is 10.0 Å². The first-order chi connectivity index (χ1) is 10.4. The summed E-state index contributed by atoms with van der Waals surface area (Å²) in [6.07, 6.45) is 1.56. The van der Waals surface area contributed by atoms with Crippen molar-refractivity contribution in [2.45, 2.75) is 17.7 Å². The van der Waals surface area contributed by atoms with Crippen LogP contribution in [0.15, 0.2) is 23.1 Å². The van der Waals surface area contributed by atoms with Crippen LogP contribution in [0, 0.1) is 16.0 Å². The zero-order valence-corrected chi connectivity index (χ0v) is 15.0. The Balaban J connectivity index is 0.00000264. The average Bonchev–Trinajstić information content (AvgIpc) is 2.47. The van der Waals surface area contributed by atoms with E-state index in [-0.39, 0.29) is 28.0 Å². The zero-order valence-electron chi connectivity index (χ0n) is 12.6. The Kier molecular flexibility index (Phi) is 7.22. The second-order valence-corrected chi connectivity index (χ2v) is 7.59. The van der Waals surface area contributed by atoms with Crippen molar-refractivity contribution in [2.24, 2.45) is 5.92 Å². The lowest BCUT2D eigenvalue weighted by Gasteiger charge is -2.31. The van der Waals surface area contributed by atoms with Gasteiger partial charge in [0.1, 0.15) is 4.90 Å². The Morgan fingerprint density at radius 2 is 2.00 bits per heavy atom. The van der Waals surface area contributed by atoms with Crippen molar-refractivity contribution in [1.29, 1.82) is 0 Å². The molecule has 1 aliphatic rings. The summed E-state index contributed by atoms with van der Waals surface area (Å²) >= 11 is 5.94. The summed E-state index contributed by atoms with van der Waals surface area (Å²) < 4.78 is 26.6. The largest absolute Gasteiger partial charge is 0.319 e. The second-order valence-electron chi connectivity index (χ2n) is 5.28. The Hall–Kier alpha value is -0.930. The van der Waals surface area contributed by atoms with Crippen LogP contribution in [-0.4, -0.2) is 44.3 Å². The van der Waals surface area contributed by atoms with Gasteiger partial charge < -0.3 is 5.32 Å². The first-order valence-corrected chi connectivity index (χ1v) is 8.76. The molecule has 1 aromatic rings. The van der Waals surface area contributed by atoms with Crippen LogP contribution in [0.2, 0.25) is 5.02 Å². The number of piperidine rings is 1. The van der Waals surface area contributed by atoms with E-state index in [0.717, 1.165) is 31.5 Å². The highest BCUT2D eigenvalue weighted by Crippen LogP contribution is 2.30. The van der Waals surface area contributed by atoms with Crippen LogP contribution in [-0.2, 0) is 10.0 Å². The first-order valence-electron chi connectivity index (χ1n) is 6.95. The van der Waals surface area contributed by atoms with Gasteiger partial charge in [-0.2, -0.15) is 4.31 Å². The molecule has 1 N–H and O–H groups in total. The normalized spacial score (nSPS) is 16.8. The summed E-state index contributed by atoms with van der Waals surface area (Å²) in [7, 11) is -1.84. The van der Waals surface area contributed by atoms with Gasteiger partial charge in [0.05, 0.1) is 9.95 Å². The molecule has 0 saturated carbocycles. The molecule has 1 saturated heterocycles. The number of nitro groups is 1. The monoisotopic (exact) mass is 383 g/mol. The molecule has 10 heteroatoms. The highest BCUT2D eigenvalue weighted by atomic mass is 35.5. The van der Waals surface area contributed by atoms with Crippen LogP contribution in [0.5, 0.6) is 0 Å². The molecule has 0 aliphatic carbocycles. The molecular weight excluding hydrogens is 365 g/mol. The predicted octanol–water partition coefficient (Wildman–Crippen LogP) is 2.29. The highest BCUT2D eigenvalue weighted by Gasteiger charge is 2.31. The Labute approximate surface area is 146 Å². The van der Waals surface area contributed by atoms with E-state index in [2.05, 4.69) is 5.32 Å². The molecule has 23 heavy (non-hydrogen) atoms. The molecule has 0 radical (unpaired) electrons. The molecule has 1 fully saturated rings. The smallest absolute Gasteiger partial charge is 0.271 e. The van der Waals surface area contributed by atoms with Crippen LogP contribution in [0.4, 0.5) is 5.69 Å². The van der Waals surface area contributed by atoms with Crippen molar-refractivity contribution >= 4 is 39.7 Å². The van der Waals surface area contributed by atoms with Crippen LogP contribution >= 0.6 is 24.0 Å². The summed E-state index contributed by atoms with van der Waals surface area (Å²) in [6, 6.07) is 3.43. The van der Waals surface area contributed by atoms with Crippen molar-refractivity contribution in [2.75, 3.05) is 26.7 Å². The average molecular weight is 384 g/mol. The summed E-state index contributed by atoms with van der Waals surface area (Å²) in [4.78, 5) is 10.0. The minimum atomic E-state index is -3.72. The third kappa shape index (κ3) is 4.54. The van der Waals surface area contributed by atoms with Gasteiger partial charge in [0, 0.05) is 25.2 Å². The lowest BCUT2D eigenvalue weighted by molar-refractivity contribution is -0.384. The number of halogens is 2. The number of sulfonamides is 1. The molecule has 0 bridgehead atoms. The molecule has 7 nitrogen and oxygen atoms in total. The van der Waals surface area contributed by atoms with E-state index in [1.807, 2.05) is 7.05 Å². The fourth-order valence-corrected chi connectivity index (χ4v) is 4.58. The SMILES string of the molecule is CNCC1CCN(S(=O)(=O)c2ccc([N+](=O)[O-])cc2Cl)CC1.Cl. The number of nitrogens with one attached hydrogen (secondary N) is 1. The summed E-state index contributed by atoms with van der Waals surface area (Å²) in [5.74, 6) is 0.462. The number of hydrogen-bond donors (Lipinski definition) is 1. The molecule has 1 aromatic carbocycles. The van der Waals surface area contributed by atoms with Crippen molar-refractivity contribution in [3.63, 3.8) is 0 Å². The minimum absolute atomic E-state index is 0. The Morgan fingerprint density at radius 3 is 2.48 bits per heavy atom. The summed E-state index contributed by atoms with van der Waals surface area (Å²) in [6.45, 7) is 1.73. The van der Waals surface area contributed by atoms with E-state index in [1.54, 1.807) is 0 Å². The van der Waals surface area contributed by atoms with Crippen LogP contribution in [0.3, 0.4) is 0 Å². The lowest BCUT2D eigenvalue weighted by atomic mass is 9.98. The van der Waals surface area contributed by atoms with E-state index in [1.165, 1.54) is 10.4 Å². The van der Waals surface area contributed by atoms with Crippen molar-refractivity contribution < 1.29 is 13.3 Å². The van der Waals surface area contributed by atoms with Gasteiger partial charge in [0.15, 0.2) is 0 Å². The molecule has 1 aliphatic heterocycles. The standard InChI is InChI=1S/C13H18ClN3O4S.ClH/c1-15-9-10-4-6-16(7-5-10)22(20,21)13-3-2-11(17(18)19)8-12(13)14;/h2-3,8,10,15H,4-7,9H2,1H3;1H. The second kappa shape index (κ2) is 8.25. The van der Waals surface area contributed by atoms with Crippen molar-refractivity contribution in [3.05, 3.63) is 33.3 Å². The van der Waals surface area contributed by atoms with Gasteiger partial charge in [-0.25, -0.2) is 8.42 Å². The van der Waals surface area contributed by atoms with E-state index in [9.17, 15) is 18.5 Å².